The summed E-state index contributed by atoms with van der Waals surface area (Å²) in [6.07, 6.45) is 0. The van der Waals surface area contributed by atoms with Crippen LogP contribution in [-0.2, 0) is 21.3 Å². The van der Waals surface area contributed by atoms with E-state index < -0.39 is 9.84 Å². The second-order valence-electron chi connectivity index (χ2n) is 5.01. The standard InChI is InChI=1S/C16H18O2S/c1-13-6-8-15(9-7-13)11-19(17,18)12-16-5-3-4-14(2)10-16/h3-10H,11-12H2,1-2H3. The minimum absolute atomic E-state index is 0.0984. The molecule has 2 aromatic carbocycles. The molecule has 0 aliphatic rings. The molecule has 0 saturated heterocycles. The zero-order chi connectivity index (χ0) is 13.9. The van der Waals surface area contributed by atoms with E-state index in [0.29, 0.717) is 0 Å². The van der Waals surface area contributed by atoms with E-state index in [2.05, 4.69) is 0 Å². The van der Waals surface area contributed by atoms with Crippen molar-refractivity contribution in [3.8, 4) is 0 Å². The molecule has 0 amide bonds. The van der Waals surface area contributed by atoms with Crippen LogP contribution in [0, 0.1) is 13.8 Å². The third-order valence-electron chi connectivity index (χ3n) is 2.98. The lowest BCUT2D eigenvalue weighted by molar-refractivity contribution is 0.594. The molecule has 0 unspecified atom stereocenters. The van der Waals surface area contributed by atoms with Gasteiger partial charge in [-0.1, -0.05) is 59.7 Å². The Morgan fingerprint density at radius 2 is 1.42 bits per heavy atom. The summed E-state index contributed by atoms with van der Waals surface area (Å²) in [5.41, 5.74) is 3.92. The van der Waals surface area contributed by atoms with E-state index in [9.17, 15) is 8.42 Å². The van der Waals surface area contributed by atoms with Gasteiger partial charge < -0.3 is 0 Å². The number of aryl methyl sites for hydroxylation is 2. The van der Waals surface area contributed by atoms with E-state index in [4.69, 9.17) is 0 Å². The molecule has 0 saturated carbocycles. The van der Waals surface area contributed by atoms with E-state index in [1.54, 1.807) is 0 Å². The predicted octanol–water partition coefficient (Wildman–Crippen LogP) is 3.42. The minimum Gasteiger partial charge on any atom is -0.228 e. The Labute approximate surface area is 115 Å². The molecule has 19 heavy (non-hydrogen) atoms. The molecule has 0 N–H and O–H groups in total. The number of benzene rings is 2. The van der Waals surface area contributed by atoms with Crippen LogP contribution in [0.25, 0.3) is 0 Å². The first-order valence-electron chi connectivity index (χ1n) is 6.26. The van der Waals surface area contributed by atoms with E-state index in [1.165, 1.54) is 0 Å². The maximum absolute atomic E-state index is 12.2. The van der Waals surface area contributed by atoms with Crippen molar-refractivity contribution in [2.45, 2.75) is 25.4 Å². The molecule has 0 aliphatic carbocycles. The molecule has 0 bridgehead atoms. The van der Waals surface area contributed by atoms with Crippen LogP contribution in [0.1, 0.15) is 22.3 Å². The van der Waals surface area contributed by atoms with Crippen LogP contribution in [0.5, 0.6) is 0 Å². The summed E-state index contributed by atoms with van der Waals surface area (Å²) < 4.78 is 24.3. The monoisotopic (exact) mass is 274 g/mol. The Morgan fingerprint density at radius 1 is 0.789 bits per heavy atom. The van der Waals surface area contributed by atoms with Crippen LogP contribution in [-0.4, -0.2) is 8.42 Å². The number of sulfone groups is 1. The molecular formula is C16H18O2S. The number of rotatable bonds is 4. The average molecular weight is 274 g/mol. The van der Waals surface area contributed by atoms with Crippen molar-refractivity contribution in [3.05, 3.63) is 70.8 Å². The Kier molecular flexibility index (Phi) is 4.05. The molecule has 3 heteroatoms. The van der Waals surface area contributed by atoms with Crippen molar-refractivity contribution in [1.82, 2.24) is 0 Å². The highest BCUT2D eigenvalue weighted by Gasteiger charge is 2.13. The van der Waals surface area contributed by atoms with E-state index in [0.717, 1.165) is 22.3 Å². The fraction of sp³-hybridized carbons (Fsp3) is 0.250. The van der Waals surface area contributed by atoms with Crippen molar-refractivity contribution >= 4 is 9.84 Å². The Hall–Kier alpha value is -1.61. The molecular weight excluding hydrogens is 256 g/mol. The quantitative estimate of drug-likeness (QED) is 0.856. The zero-order valence-corrected chi connectivity index (χ0v) is 12.1. The van der Waals surface area contributed by atoms with Gasteiger partial charge in [-0.15, -0.1) is 0 Å². The van der Waals surface area contributed by atoms with Gasteiger partial charge in [-0.25, -0.2) is 8.42 Å². The van der Waals surface area contributed by atoms with Crippen LogP contribution < -0.4 is 0 Å². The highest BCUT2D eigenvalue weighted by atomic mass is 32.2. The van der Waals surface area contributed by atoms with Gasteiger partial charge >= 0.3 is 0 Å². The highest BCUT2D eigenvalue weighted by molar-refractivity contribution is 7.89. The van der Waals surface area contributed by atoms with E-state index in [1.807, 2.05) is 62.4 Å². The smallest absolute Gasteiger partial charge is 0.158 e. The molecule has 0 atom stereocenters. The molecule has 0 heterocycles. The van der Waals surface area contributed by atoms with E-state index >= 15 is 0 Å². The van der Waals surface area contributed by atoms with Crippen LogP contribution in [0.3, 0.4) is 0 Å². The summed E-state index contributed by atoms with van der Waals surface area (Å²) in [6.45, 7) is 3.96. The third kappa shape index (κ3) is 4.21. The first-order chi connectivity index (χ1) is 8.94. The van der Waals surface area contributed by atoms with Crippen molar-refractivity contribution in [3.63, 3.8) is 0 Å². The van der Waals surface area contributed by atoms with Gasteiger partial charge in [0.25, 0.3) is 0 Å². The SMILES string of the molecule is Cc1ccc(CS(=O)(=O)Cc2cccc(C)c2)cc1. The summed E-state index contributed by atoms with van der Waals surface area (Å²) in [5, 5.41) is 0. The predicted molar refractivity (Wildman–Crippen MR) is 78.7 cm³/mol. The lowest BCUT2D eigenvalue weighted by Crippen LogP contribution is -2.07. The van der Waals surface area contributed by atoms with Gasteiger partial charge in [0.1, 0.15) is 0 Å². The number of hydrogen-bond donors (Lipinski definition) is 0. The lowest BCUT2D eigenvalue weighted by atomic mass is 10.2. The van der Waals surface area contributed by atoms with Crippen LogP contribution in [0.2, 0.25) is 0 Å². The molecule has 0 spiro atoms. The van der Waals surface area contributed by atoms with Gasteiger partial charge in [0.2, 0.25) is 0 Å². The topological polar surface area (TPSA) is 34.1 Å². The highest BCUT2D eigenvalue weighted by Crippen LogP contribution is 2.14. The Balaban J connectivity index is 2.13. The van der Waals surface area contributed by atoms with Crippen molar-refractivity contribution in [2.75, 3.05) is 0 Å². The van der Waals surface area contributed by atoms with Crippen molar-refractivity contribution < 1.29 is 8.42 Å². The van der Waals surface area contributed by atoms with Crippen LogP contribution >= 0.6 is 0 Å². The summed E-state index contributed by atoms with van der Waals surface area (Å²) in [5.74, 6) is 0.198. The average Bonchev–Trinajstić information content (AvgIpc) is 2.31. The summed E-state index contributed by atoms with van der Waals surface area (Å²) in [7, 11) is -3.12. The zero-order valence-electron chi connectivity index (χ0n) is 11.3. The maximum atomic E-state index is 12.2. The molecule has 0 aromatic heterocycles. The largest absolute Gasteiger partial charge is 0.228 e. The van der Waals surface area contributed by atoms with Crippen molar-refractivity contribution in [2.24, 2.45) is 0 Å². The van der Waals surface area contributed by atoms with Crippen molar-refractivity contribution in [1.29, 1.82) is 0 Å². The molecule has 0 aliphatic heterocycles. The van der Waals surface area contributed by atoms with Gasteiger partial charge in [-0.2, -0.15) is 0 Å². The normalized spacial score (nSPS) is 11.5. The fourth-order valence-corrected chi connectivity index (χ4v) is 3.53. The maximum Gasteiger partial charge on any atom is 0.158 e. The lowest BCUT2D eigenvalue weighted by Gasteiger charge is -2.06. The number of hydrogen-bond acceptors (Lipinski definition) is 2. The summed E-state index contributed by atoms with van der Waals surface area (Å²) in [6, 6.07) is 15.3. The van der Waals surface area contributed by atoms with Gasteiger partial charge in [-0.05, 0) is 25.0 Å². The summed E-state index contributed by atoms with van der Waals surface area (Å²) >= 11 is 0. The van der Waals surface area contributed by atoms with Gasteiger partial charge in [0.15, 0.2) is 9.84 Å². The third-order valence-corrected chi connectivity index (χ3v) is 4.52. The Morgan fingerprint density at radius 3 is 2.05 bits per heavy atom. The van der Waals surface area contributed by atoms with Gasteiger partial charge in [-0.3, -0.25) is 0 Å². The van der Waals surface area contributed by atoms with Gasteiger partial charge in [0, 0.05) is 0 Å². The van der Waals surface area contributed by atoms with Crippen LogP contribution in [0.4, 0.5) is 0 Å². The van der Waals surface area contributed by atoms with E-state index in [-0.39, 0.29) is 11.5 Å². The molecule has 0 radical (unpaired) electrons. The second-order valence-corrected chi connectivity index (χ2v) is 7.07. The first-order valence-corrected chi connectivity index (χ1v) is 8.08. The van der Waals surface area contributed by atoms with Crippen LogP contribution in [0.15, 0.2) is 48.5 Å². The molecule has 2 rings (SSSR count). The summed E-state index contributed by atoms with van der Waals surface area (Å²) in [4.78, 5) is 0. The fourth-order valence-electron chi connectivity index (χ4n) is 2.05. The Bertz CT molecular complexity index is 655. The minimum atomic E-state index is -3.12. The molecule has 100 valence electrons. The van der Waals surface area contributed by atoms with Gasteiger partial charge in [0.05, 0.1) is 11.5 Å². The molecule has 0 fully saturated rings. The molecule has 2 nitrogen and oxygen atoms in total. The molecule has 2 aromatic rings. The second kappa shape index (κ2) is 5.57. The first kappa shape index (κ1) is 13.8.